The van der Waals surface area contributed by atoms with E-state index in [-0.39, 0.29) is 11.2 Å². The van der Waals surface area contributed by atoms with Crippen LogP contribution in [0.3, 0.4) is 0 Å². The molecule has 146 valence electrons. The van der Waals surface area contributed by atoms with E-state index in [0.29, 0.717) is 24.2 Å². The van der Waals surface area contributed by atoms with E-state index in [1.54, 1.807) is 37.7 Å². The monoisotopic (exact) mass is 374 g/mol. The number of aromatic nitrogens is 2. The van der Waals surface area contributed by atoms with Gasteiger partial charge in [0.2, 0.25) is 5.91 Å². The summed E-state index contributed by atoms with van der Waals surface area (Å²) in [6.45, 7) is 5.20. The third-order valence-corrected chi connectivity index (χ3v) is 4.52. The van der Waals surface area contributed by atoms with Crippen LogP contribution in [0.25, 0.3) is 5.69 Å². The molecule has 2 unspecified atom stereocenters. The molecule has 2 aromatic rings. The Bertz CT molecular complexity index is 870. The molecule has 1 amide bonds. The molecule has 0 saturated heterocycles. The Morgan fingerprint density at radius 2 is 1.85 bits per heavy atom. The number of carbonyl (C=O) groups excluding carboxylic acids is 1. The van der Waals surface area contributed by atoms with E-state index in [1.165, 1.54) is 4.68 Å². The lowest BCUT2D eigenvalue weighted by molar-refractivity contribution is -0.140. The lowest BCUT2D eigenvalue weighted by Gasteiger charge is -2.19. The number of nitrogens with one attached hydrogen (secondary N) is 2. The molecule has 27 heavy (non-hydrogen) atoms. The van der Waals surface area contributed by atoms with E-state index in [4.69, 9.17) is 0 Å². The van der Waals surface area contributed by atoms with Crippen LogP contribution in [-0.4, -0.2) is 38.4 Å². The third kappa shape index (κ3) is 4.46. The normalized spacial score (nSPS) is 13.2. The van der Waals surface area contributed by atoms with Gasteiger partial charge in [-0.3, -0.25) is 24.4 Å². The number of rotatable bonds is 8. The van der Waals surface area contributed by atoms with Crippen LogP contribution in [0.4, 0.5) is 5.69 Å². The predicted octanol–water partition coefficient (Wildman–Crippen LogP) is 1.65. The predicted molar refractivity (Wildman–Crippen MR) is 103 cm³/mol. The summed E-state index contributed by atoms with van der Waals surface area (Å²) in [5, 5.41) is 14.7. The average molecular weight is 374 g/mol. The first-order chi connectivity index (χ1) is 12.8. The molecule has 0 aliphatic carbocycles. The summed E-state index contributed by atoms with van der Waals surface area (Å²) in [4.78, 5) is 36.6. The van der Waals surface area contributed by atoms with Gasteiger partial charge in [-0.05, 0) is 32.4 Å². The van der Waals surface area contributed by atoms with Crippen LogP contribution in [0.15, 0.2) is 35.1 Å². The van der Waals surface area contributed by atoms with Crippen molar-refractivity contribution in [1.29, 1.82) is 0 Å². The van der Waals surface area contributed by atoms with Crippen LogP contribution in [0.5, 0.6) is 0 Å². The highest BCUT2D eigenvalue weighted by Crippen LogP contribution is 2.14. The summed E-state index contributed by atoms with van der Waals surface area (Å²) in [5.41, 5.74) is 1.13. The van der Waals surface area contributed by atoms with Gasteiger partial charge in [0.15, 0.2) is 0 Å². The topological polar surface area (TPSA) is 105 Å². The average Bonchev–Trinajstić information content (AvgIpc) is 2.85. The second kappa shape index (κ2) is 8.68. The van der Waals surface area contributed by atoms with Crippen molar-refractivity contribution in [3.05, 3.63) is 46.4 Å². The molecule has 0 aliphatic rings. The van der Waals surface area contributed by atoms with Gasteiger partial charge in [0.1, 0.15) is 11.7 Å². The highest BCUT2D eigenvalue weighted by Gasteiger charge is 2.24. The van der Waals surface area contributed by atoms with Crippen molar-refractivity contribution >= 4 is 17.6 Å². The first-order valence-electron chi connectivity index (χ1n) is 8.91. The number of amides is 1. The molecule has 0 aliphatic heterocycles. The number of carboxylic acid groups (broad SMARTS) is 1. The van der Waals surface area contributed by atoms with E-state index in [1.807, 2.05) is 25.1 Å². The smallest absolute Gasteiger partial charge is 0.320 e. The SMILES string of the molecule is CCCC(NC(C)C(=O)Nc1c(C)n(C)n(-c2ccccc2)c1=O)C(=O)O. The fraction of sp³-hybridized carbons (Fsp3) is 0.421. The molecule has 0 radical (unpaired) electrons. The molecule has 0 spiro atoms. The van der Waals surface area contributed by atoms with Gasteiger partial charge in [0.25, 0.3) is 5.56 Å². The molecular formula is C19H26N4O4. The van der Waals surface area contributed by atoms with Crippen molar-refractivity contribution in [1.82, 2.24) is 14.7 Å². The van der Waals surface area contributed by atoms with Crippen LogP contribution < -0.4 is 16.2 Å². The van der Waals surface area contributed by atoms with Crippen LogP contribution in [-0.2, 0) is 16.6 Å². The highest BCUT2D eigenvalue weighted by atomic mass is 16.4. The Hall–Kier alpha value is -2.87. The number of nitrogens with zero attached hydrogens (tertiary/aromatic N) is 2. The molecule has 1 heterocycles. The van der Waals surface area contributed by atoms with Crippen molar-refractivity contribution in [2.75, 3.05) is 5.32 Å². The van der Waals surface area contributed by atoms with E-state index in [0.717, 1.165) is 0 Å². The van der Waals surface area contributed by atoms with Crippen molar-refractivity contribution in [3.63, 3.8) is 0 Å². The van der Waals surface area contributed by atoms with Gasteiger partial charge in [-0.25, -0.2) is 4.68 Å². The van der Waals surface area contributed by atoms with Gasteiger partial charge < -0.3 is 10.4 Å². The maximum Gasteiger partial charge on any atom is 0.320 e. The largest absolute Gasteiger partial charge is 0.480 e. The summed E-state index contributed by atoms with van der Waals surface area (Å²) < 4.78 is 3.14. The maximum atomic E-state index is 12.8. The number of hydrogen-bond acceptors (Lipinski definition) is 4. The van der Waals surface area contributed by atoms with Crippen molar-refractivity contribution < 1.29 is 14.7 Å². The van der Waals surface area contributed by atoms with E-state index in [9.17, 15) is 19.5 Å². The first-order valence-corrected chi connectivity index (χ1v) is 8.91. The minimum absolute atomic E-state index is 0.183. The lowest BCUT2D eigenvalue weighted by Crippen LogP contribution is -2.47. The Morgan fingerprint density at radius 3 is 2.41 bits per heavy atom. The minimum Gasteiger partial charge on any atom is -0.480 e. The van der Waals surface area contributed by atoms with Crippen molar-refractivity contribution in [2.24, 2.45) is 7.05 Å². The molecule has 1 aromatic carbocycles. The summed E-state index contributed by atoms with van der Waals surface area (Å²) in [7, 11) is 1.74. The zero-order valence-corrected chi connectivity index (χ0v) is 16.0. The van der Waals surface area contributed by atoms with Gasteiger partial charge in [0, 0.05) is 7.05 Å². The molecule has 8 heteroatoms. The number of anilines is 1. The number of benzene rings is 1. The van der Waals surface area contributed by atoms with Crippen molar-refractivity contribution in [3.8, 4) is 5.69 Å². The standard InChI is InChI=1S/C19H26N4O4/c1-5-9-15(19(26)27)20-12(2)17(24)21-16-13(3)22(4)23(18(16)25)14-10-7-6-8-11-14/h6-8,10-12,15,20H,5,9H2,1-4H3,(H,21,24)(H,26,27). The zero-order chi connectivity index (χ0) is 20.1. The molecule has 2 rings (SSSR count). The van der Waals surface area contributed by atoms with Gasteiger partial charge in [0.05, 0.1) is 17.4 Å². The Kier molecular flexibility index (Phi) is 6.57. The summed E-state index contributed by atoms with van der Waals surface area (Å²) in [6, 6.07) is 7.55. The molecule has 0 saturated carbocycles. The van der Waals surface area contributed by atoms with E-state index in [2.05, 4.69) is 10.6 Å². The molecule has 2 atom stereocenters. The number of para-hydroxylation sites is 1. The molecule has 1 aromatic heterocycles. The Morgan fingerprint density at radius 1 is 1.22 bits per heavy atom. The second-order valence-electron chi connectivity index (χ2n) is 6.49. The van der Waals surface area contributed by atoms with Crippen LogP contribution in [0.2, 0.25) is 0 Å². The van der Waals surface area contributed by atoms with Crippen LogP contribution in [0, 0.1) is 6.92 Å². The maximum absolute atomic E-state index is 12.8. The zero-order valence-electron chi connectivity index (χ0n) is 16.0. The van der Waals surface area contributed by atoms with Crippen LogP contribution >= 0.6 is 0 Å². The quantitative estimate of drug-likeness (QED) is 0.652. The fourth-order valence-corrected chi connectivity index (χ4v) is 2.89. The number of hydrogen-bond donors (Lipinski definition) is 3. The molecule has 3 N–H and O–H groups in total. The first kappa shape index (κ1) is 20.4. The van der Waals surface area contributed by atoms with E-state index >= 15 is 0 Å². The fourth-order valence-electron chi connectivity index (χ4n) is 2.89. The summed E-state index contributed by atoms with van der Waals surface area (Å²) in [5.74, 6) is -1.46. The molecule has 8 nitrogen and oxygen atoms in total. The second-order valence-corrected chi connectivity index (χ2v) is 6.49. The number of carboxylic acids is 1. The molecule has 0 fully saturated rings. The van der Waals surface area contributed by atoms with Gasteiger partial charge in [-0.1, -0.05) is 31.5 Å². The third-order valence-electron chi connectivity index (χ3n) is 4.52. The number of aliphatic carboxylic acids is 1. The number of carbonyl (C=O) groups is 2. The molecular weight excluding hydrogens is 348 g/mol. The summed E-state index contributed by atoms with van der Waals surface area (Å²) in [6.07, 6.45) is 1.09. The van der Waals surface area contributed by atoms with E-state index < -0.39 is 24.0 Å². The van der Waals surface area contributed by atoms with Gasteiger partial charge in [-0.2, -0.15) is 0 Å². The summed E-state index contributed by atoms with van der Waals surface area (Å²) >= 11 is 0. The van der Waals surface area contributed by atoms with Gasteiger partial charge in [-0.15, -0.1) is 0 Å². The minimum atomic E-state index is -1.00. The molecule has 0 bridgehead atoms. The Balaban J connectivity index is 2.24. The Labute approximate surface area is 157 Å². The van der Waals surface area contributed by atoms with Crippen LogP contribution in [0.1, 0.15) is 32.4 Å². The van der Waals surface area contributed by atoms with Gasteiger partial charge >= 0.3 is 5.97 Å². The lowest BCUT2D eigenvalue weighted by atomic mass is 10.1. The highest BCUT2D eigenvalue weighted by molar-refractivity contribution is 5.95. The van der Waals surface area contributed by atoms with Crippen molar-refractivity contribution in [2.45, 2.75) is 45.7 Å².